The maximum atomic E-state index is 5.91. The quantitative estimate of drug-likeness (QED) is 0.894. The van der Waals surface area contributed by atoms with Crippen molar-refractivity contribution in [2.24, 2.45) is 5.73 Å². The van der Waals surface area contributed by atoms with Crippen molar-refractivity contribution in [1.82, 2.24) is 0 Å². The molecule has 110 valence electrons. The van der Waals surface area contributed by atoms with Crippen LogP contribution in [-0.4, -0.2) is 32.7 Å². The molecule has 2 fully saturated rings. The zero-order chi connectivity index (χ0) is 13.8. The van der Waals surface area contributed by atoms with Gasteiger partial charge in [-0.15, -0.1) is 0 Å². The first-order chi connectivity index (χ1) is 9.82. The van der Waals surface area contributed by atoms with E-state index in [-0.39, 0.29) is 11.7 Å². The number of ether oxygens (including phenoxy) is 3. The number of hydrogen-bond donors (Lipinski definition) is 1. The molecule has 0 aliphatic carbocycles. The summed E-state index contributed by atoms with van der Waals surface area (Å²) in [5, 5.41) is 0. The summed E-state index contributed by atoms with van der Waals surface area (Å²) in [6.45, 7) is 3.49. The Kier molecular flexibility index (Phi) is 4.36. The lowest BCUT2D eigenvalue weighted by Crippen LogP contribution is -2.52. The minimum absolute atomic E-state index is 0.0113. The minimum Gasteiger partial charge on any atom is -0.379 e. The predicted molar refractivity (Wildman–Crippen MR) is 76.4 cm³/mol. The third-order valence-corrected chi connectivity index (χ3v) is 4.26. The first kappa shape index (κ1) is 14.0. The van der Waals surface area contributed by atoms with Crippen molar-refractivity contribution >= 4 is 0 Å². The van der Waals surface area contributed by atoms with Crippen LogP contribution in [0.15, 0.2) is 24.3 Å². The molecule has 4 nitrogen and oxygen atoms in total. The highest BCUT2D eigenvalue weighted by atomic mass is 16.7. The van der Waals surface area contributed by atoms with E-state index < -0.39 is 0 Å². The Morgan fingerprint density at radius 3 is 2.85 bits per heavy atom. The van der Waals surface area contributed by atoms with Gasteiger partial charge in [0.25, 0.3) is 0 Å². The number of hydrogen-bond acceptors (Lipinski definition) is 4. The van der Waals surface area contributed by atoms with Crippen molar-refractivity contribution in [2.75, 3.05) is 26.4 Å². The number of benzene rings is 1. The van der Waals surface area contributed by atoms with Crippen LogP contribution in [0.2, 0.25) is 0 Å². The number of rotatable bonds is 5. The molecule has 3 rings (SSSR count). The first-order valence-corrected chi connectivity index (χ1v) is 7.43. The van der Waals surface area contributed by atoms with Crippen molar-refractivity contribution < 1.29 is 14.2 Å². The van der Waals surface area contributed by atoms with Gasteiger partial charge in [0, 0.05) is 13.2 Å². The van der Waals surface area contributed by atoms with Crippen molar-refractivity contribution in [2.45, 2.75) is 37.6 Å². The lowest BCUT2D eigenvalue weighted by molar-refractivity contribution is -0.168. The molecule has 0 bridgehead atoms. The van der Waals surface area contributed by atoms with Crippen molar-refractivity contribution in [3.63, 3.8) is 0 Å². The molecule has 2 aliphatic heterocycles. The predicted octanol–water partition coefficient (Wildman–Crippen LogP) is 1.96. The summed E-state index contributed by atoms with van der Waals surface area (Å²) in [5.74, 6) is 0. The van der Waals surface area contributed by atoms with Crippen LogP contribution in [0.25, 0.3) is 0 Å². The van der Waals surface area contributed by atoms with Gasteiger partial charge in [0.2, 0.25) is 0 Å². The van der Waals surface area contributed by atoms with Gasteiger partial charge in [-0.05, 0) is 30.4 Å². The molecular weight excluding hydrogens is 254 g/mol. The van der Waals surface area contributed by atoms with Gasteiger partial charge in [-0.2, -0.15) is 0 Å². The highest BCUT2D eigenvalue weighted by Crippen LogP contribution is 2.31. The van der Waals surface area contributed by atoms with Crippen molar-refractivity contribution in [3.8, 4) is 0 Å². The summed E-state index contributed by atoms with van der Waals surface area (Å²) >= 11 is 0. The molecule has 0 radical (unpaired) electrons. The molecule has 1 atom stereocenters. The Hall–Kier alpha value is -0.940. The van der Waals surface area contributed by atoms with E-state index in [0.717, 1.165) is 32.7 Å². The molecule has 4 heteroatoms. The summed E-state index contributed by atoms with van der Waals surface area (Å²) in [4.78, 5) is 0. The third kappa shape index (κ3) is 2.88. The van der Waals surface area contributed by atoms with Crippen molar-refractivity contribution in [1.29, 1.82) is 0 Å². The molecule has 0 spiro atoms. The first-order valence-electron chi connectivity index (χ1n) is 7.43. The van der Waals surface area contributed by atoms with Gasteiger partial charge in [-0.3, -0.25) is 0 Å². The van der Waals surface area contributed by atoms with Crippen LogP contribution in [0.3, 0.4) is 0 Å². The van der Waals surface area contributed by atoms with E-state index in [0.29, 0.717) is 13.2 Å². The summed E-state index contributed by atoms with van der Waals surface area (Å²) in [6.07, 6.45) is 3.30. The van der Waals surface area contributed by atoms with E-state index in [1.807, 2.05) is 0 Å². The minimum atomic E-state index is -0.0390. The number of nitrogens with two attached hydrogens (primary N) is 1. The zero-order valence-corrected chi connectivity index (χ0v) is 11.8. The molecule has 2 N–H and O–H groups in total. The summed E-state index contributed by atoms with van der Waals surface area (Å²) < 4.78 is 16.8. The van der Waals surface area contributed by atoms with E-state index in [2.05, 4.69) is 24.3 Å². The lowest BCUT2D eigenvalue weighted by atomic mass is 9.78. The molecule has 0 aromatic heterocycles. The molecular formula is C16H23NO3. The van der Waals surface area contributed by atoms with E-state index >= 15 is 0 Å². The Morgan fingerprint density at radius 2 is 2.20 bits per heavy atom. The van der Waals surface area contributed by atoms with E-state index in [1.54, 1.807) is 0 Å². The van der Waals surface area contributed by atoms with Gasteiger partial charge in [0.1, 0.15) is 0 Å². The summed E-state index contributed by atoms with van der Waals surface area (Å²) in [6, 6.07) is 8.50. The average molecular weight is 277 g/mol. The van der Waals surface area contributed by atoms with Crippen LogP contribution >= 0.6 is 0 Å². The highest BCUT2D eigenvalue weighted by molar-refractivity contribution is 5.32. The topological polar surface area (TPSA) is 53.7 Å². The normalized spacial score (nSPS) is 25.1. The van der Waals surface area contributed by atoms with Crippen LogP contribution in [0.4, 0.5) is 0 Å². The molecule has 2 saturated heterocycles. The second-order valence-electron chi connectivity index (χ2n) is 5.78. The molecule has 1 aromatic rings. The van der Waals surface area contributed by atoms with Gasteiger partial charge in [0.15, 0.2) is 6.29 Å². The van der Waals surface area contributed by atoms with Gasteiger partial charge in [0.05, 0.1) is 25.2 Å². The molecule has 0 amide bonds. The Labute approximate surface area is 120 Å². The van der Waals surface area contributed by atoms with Crippen LogP contribution in [0, 0.1) is 0 Å². The SMILES string of the molecule is NCC1(c2cccc(COC3CCCCO3)c2)COC1. The zero-order valence-electron chi connectivity index (χ0n) is 11.8. The molecule has 1 aromatic carbocycles. The lowest BCUT2D eigenvalue weighted by Gasteiger charge is -2.41. The van der Waals surface area contributed by atoms with Crippen molar-refractivity contribution in [3.05, 3.63) is 35.4 Å². The van der Waals surface area contributed by atoms with E-state index in [4.69, 9.17) is 19.9 Å². The average Bonchev–Trinajstić information content (AvgIpc) is 2.46. The van der Waals surface area contributed by atoms with Gasteiger partial charge in [-0.25, -0.2) is 0 Å². The van der Waals surface area contributed by atoms with Crippen LogP contribution in [0.5, 0.6) is 0 Å². The third-order valence-electron chi connectivity index (χ3n) is 4.26. The summed E-state index contributed by atoms with van der Waals surface area (Å²) in [7, 11) is 0. The second-order valence-corrected chi connectivity index (χ2v) is 5.78. The van der Waals surface area contributed by atoms with Gasteiger partial charge in [-0.1, -0.05) is 24.3 Å². The standard InChI is InChI=1S/C16H23NO3/c17-10-16(11-18-12-16)14-5-3-4-13(8-14)9-20-15-6-1-2-7-19-15/h3-5,8,15H,1-2,6-7,9-12,17H2. The second kappa shape index (κ2) is 6.22. The van der Waals surface area contributed by atoms with Crippen LogP contribution in [0.1, 0.15) is 30.4 Å². The molecule has 20 heavy (non-hydrogen) atoms. The fourth-order valence-corrected chi connectivity index (χ4v) is 2.77. The Bertz CT molecular complexity index is 434. The molecule has 2 aliphatic rings. The van der Waals surface area contributed by atoms with E-state index in [9.17, 15) is 0 Å². The highest BCUT2D eigenvalue weighted by Gasteiger charge is 2.39. The summed E-state index contributed by atoms with van der Waals surface area (Å²) in [5.41, 5.74) is 8.36. The van der Waals surface area contributed by atoms with Gasteiger partial charge >= 0.3 is 0 Å². The molecule has 0 saturated carbocycles. The largest absolute Gasteiger partial charge is 0.379 e. The Balaban J connectivity index is 1.62. The van der Waals surface area contributed by atoms with Gasteiger partial charge < -0.3 is 19.9 Å². The fraction of sp³-hybridized carbons (Fsp3) is 0.625. The Morgan fingerprint density at radius 1 is 1.30 bits per heavy atom. The monoisotopic (exact) mass is 277 g/mol. The maximum Gasteiger partial charge on any atom is 0.158 e. The van der Waals surface area contributed by atoms with E-state index in [1.165, 1.54) is 17.5 Å². The molecule has 1 unspecified atom stereocenters. The maximum absolute atomic E-state index is 5.91. The van der Waals surface area contributed by atoms with Crippen LogP contribution < -0.4 is 5.73 Å². The molecule has 2 heterocycles. The van der Waals surface area contributed by atoms with Crippen LogP contribution in [-0.2, 0) is 26.2 Å². The smallest absolute Gasteiger partial charge is 0.158 e. The fourth-order valence-electron chi connectivity index (χ4n) is 2.77.